The van der Waals surface area contributed by atoms with E-state index in [0.717, 1.165) is 61.2 Å². The van der Waals surface area contributed by atoms with Crippen molar-refractivity contribution in [3.05, 3.63) is 52.4 Å². The van der Waals surface area contributed by atoms with Gasteiger partial charge in [-0.3, -0.25) is 9.59 Å². The fourth-order valence-corrected chi connectivity index (χ4v) is 7.44. The quantitative estimate of drug-likeness (QED) is 0.650. The molecule has 2 aliphatic rings. The van der Waals surface area contributed by atoms with E-state index in [-0.39, 0.29) is 21.9 Å². The number of aryl methyl sites for hydroxylation is 1. The van der Waals surface area contributed by atoms with Crippen molar-refractivity contribution >= 4 is 33.2 Å². The predicted octanol–water partition coefficient (Wildman–Crippen LogP) is 3.79. The minimum absolute atomic E-state index is 0.0278. The molecule has 3 heterocycles. The van der Waals surface area contributed by atoms with Crippen molar-refractivity contribution in [3.63, 3.8) is 0 Å². The van der Waals surface area contributed by atoms with Crippen LogP contribution in [-0.4, -0.2) is 55.6 Å². The highest BCUT2D eigenvalue weighted by atomic mass is 32.2. The van der Waals surface area contributed by atoms with Crippen LogP contribution in [0.25, 0.3) is 0 Å². The Hall–Kier alpha value is -2.23. The number of amides is 2. The first kappa shape index (κ1) is 24.9. The molecule has 0 aliphatic carbocycles. The molecule has 2 amide bonds. The summed E-state index contributed by atoms with van der Waals surface area (Å²) in [6, 6.07) is 9.53. The van der Waals surface area contributed by atoms with E-state index in [2.05, 4.69) is 5.32 Å². The molecule has 0 atom stereocenters. The Bertz CT molecular complexity index is 1110. The highest BCUT2D eigenvalue weighted by Gasteiger charge is 2.33. The smallest absolute Gasteiger partial charge is 0.254 e. The number of piperidine rings is 1. The Labute approximate surface area is 206 Å². The summed E-state index contributed by atoms with van der Waals surface area (Å²) in [6.07, 6.45) is 5.23. The van der Waals surface area contributed by atoms with Crippen molar-refractivity contribution in [2.24, 2.45) is 5.92 Å². The highest BCUT2D eigenvalue weighted by Crippen LogP contribution is 2.29. The minimum atomic E-state index is -3.67. The molecule has 0 radical (unpaired) electrons. The van der Waals surface area contributed by atoms with E-state index >= 15 is 0 Å². The molecule has 1 aromatic carbocycles. The molecule has 1 N–H and O–H groups in total. The summed E-state index contributed by atoms with van der Waals surface area (Å²) in [6.45, 7) is 4.56. The maximum atomic E-state index is 13.2. The van der Waals surface area contributed by atoms with Gasteiger partial charge in [-0.2, -0.15) is 4.31 Å². The van der Waals surface area contributed by atoms with Crippen LogP contribution in [-0.2, 0) is 21.4 Å². The Balaban J connectivity index is 1.32. The van der Waals surface area contributed by atoms with Gasteiger partial charge >= 0.3 is 0 Å². The van der Waals surface area contributed by atoms with Crippen LogP contribution in [0.1, 0.15) is 60.0 Å². The van der Waals surface area contributed by atoms with E-state index in [4.69, 9.17) is 0 Å². The van der Waals surface area contributed by atoms with Crippen LogP contribution in [0.4, 0.5) is 0 Å². The van der Waals surface area contributed by atoms with Crippen LogP contribution in [0.15, 0.2) is 39.9 Å². The molecule has 9 heteroatoms. The molecule has 2 aromatic rings. The maximum absolute atomic E-state index is 13.2. The lowest BCUT2D eigenvalue weighted by atomic mass is 9.97. The lowest BCUT2D eigenvalue weighted by molar-refractivity contribution is -0.126. The normalized spacial score (nSPS) is 18.4. The number of nitrogens with one attached hydrogen (secondary N) is 1. The Morgan fingerprint density at radius 1 is 1.03 bits per heavy atom. The van der Waals surface area contributed by atoms with Crippen molar-refractivity contribution < 1.29 is 18.0 Å². The number of likely N-dealkylation sites (tertiary alicyclic amines) is 1. The van der Waals surface area contributed by atoms with Gasteiger partial charge in [-0.25, -0.2) is 8.42 Å². The molecule has 7 nitrogen and oxygen atoms in total. The summed E-state index contributed by atoms with van der Waals surface area (Å²) in [5, 5.41) is 4.64. The van der Waals surface area contributed by atoms with Gasteiger partial charge in [-0.05, 0) is 44.2 Å². The van der Waals surface area contributed by atoms with Crippen LogP contribution in [0.2, 0.25) is 0 Å². The van der Waals surface area contributed by atoms with Gasteiger partial charge in [0.05, 0.1) is 5.56 Å². The monoisotopic (exact) mass is 503 g/mol. The summed E-state index contributed by atoms with van der Waals surface area (Å²) < 4.78 is 28.0. The molecule has 0 saturated carbocycles. The van der Waals surface area contributed by atoms with Gasteiger partial charge in [0.25, 0.3) is 15.9 Å². The van der Waals surface area contributed by atoms with Crippen molar-refractivity contribution in [2.75, 3.05) is 26.2 Å². The zero-order valence-electron chi connectivity index (χ0n) is 19.7. The first-order valence-electron chi connectivity index (χ1n) is 12.1. The number of carbonyl (C=O) groups excluding carboxylic acids is 2. The number of carbonyl (C=O) groups is 2. The number of nitrogens with zero attached hydrogens (tertiary/aromatic N) is 2. The standard InChI is InChI=1S/C25H33N3O4S2/c1-19-7-6-8-20(15-19)17-26-24(29)21-9-13-28(14-10-21)34(31,32)23-16-22(18-33-23)25(30)27-11-4-2-3-5-12-27/h6-8,15-16,18,21H,2-5,9-14,17H2,1H3,(H,26,29). The summed E-state index contributed by atoms with van der Waals surface area (Å²) in [4.78, 5) is 27.3. The molecule has 1 aromatic heterocycles. The molecular formula is C25H33N3O4S2. The zero-order valence-corrected chi connectivity index (χ0v) is 21.3. The molecule has 0 unspecified atom stereocenters. The fraction of sp³-hybridized carbons (Fsp3) is 0.520. The first-order valence-corrected chi connectivity index (χ1v) is 14.4. The second-order valence-corrected chi connectivity index (χ2v) is 12.3. The summed E-state index contributed by atoms with van der Waals surface area (Å²) in [7, 11) is -3.67. The Kier molecular flexibility index (Phi) is 8.06. The maximum Gasteiger partial charge on any atom is 0.254 e. The van der Waals surface area contributed by atoms with E-state index in [1.54, 1.807) is 5.38 Å². The van der Waals surface area contributed by atoms with Gasteiger partial charge in [0.15, 0.2) is 0 Å². The van der Waals surface area contributed by atoms with Crippen LogP contribution < -0.4 is 5.32 Å². The van der Waals surface area contributed by atoms with Crippen LogP contribution in [0.3, 0.4) is 0 Å². The minimum Gasteiger partial charge on any atom is -0.352 e. The van der Waals surface area contributed by atoms with Crippen molar-refractivity contribution in [1.82, 2.24) is 14.5 Å². The molecular weight excluding hydrogens is 470 g/mol. The SMILES string of the molecule is Cc1cccc(CNC(=O)C2CCN(S(=O)(=O)c3cc(C(=O)N4CCCCCC4)cs3)CC2)c1. The fourth-order valence-electron chi connectivity index (χ4n) is 4.66. The number of rotatable bonds is 6. The molecule has 184 valence electrons. The predicted molar refractivity (Wildman–Crippen MR) is 133 cm³/mol. The summed E-state index contributed by atoms with van der Waals surface area (Å²) in [5.74, 6) is -0.302. The second-order valence-electron chi connectivity index (χ2n) is 9.25. The third-order valence-electron chi connectivity index (χ3n) is 6.68. The van der Waals surface area contributed by atoms with Crippen molar-refractivity contribution in [1.29, 1.82) is 0 Å². The van der Waals surface area contributed by atoms with Crippen LogP contribution >= 0.6 is 11.3 Å². The van der Waals surface area contributed by atoms with Crippen molar-refractivity contribution in [3.8, 4) is 0 Å². The van der Waals surface area contributed by atoms with Gasteiger partial charge in [-0.1, -0.05) is 42.7 Å². The summed E-state index contributed by atoms with van der Waals surface area (Å²) >= 11 is 1.11. The second kappa shape index (κ2) is 11.0. The number of benzene rings is 1. The van der Waals surface area contributed by atoms with Gasteiger partial charge in [-0.15, -0.1) is 11.3 Å². The van der Waals surface area contributed by atoms with Crippen molar-refractivity contribution in [2.45, 2.75) is 56.2 Å². The number of hydrogen-bond acceptors (Lipinski definition) is 5. The Morgan fingerprint density at radius 2 is 1.74 bits per heavy atom. The zero-order chi connectivity index (χ0) is 24.1. The molecule has 4 rings (SSSR count). The molecule has 0 bridgehead atoms. The topological polar surface area (TPSA) is 86.8 Å². The van der Waals surface area contributed by atoms with Gasteiger partial charge in [0, 0.05) is 44.0 Å². The summed E-state index contributed by atoms with van der Waals surface area (Å²) in [5.41, 5.74) is 2.66. The number of sulfonamides is 1. The average molecular weight is 504 g/mol. The van der Waals surface area contributed by atoms with Gasteiger partial charge in [0.2, 0.25) is 5.91 Å². The molecule has 2 aliphatic heterocycles. The third kappa shape index (κ3) is 5.87. The van der Waals surface area contributed by atoms with E-state index < -0.39 is 10.0 Å². The average Bonchev–Trinajstić information content (AvgIpc) is 3.19. The molecule has 2 saturated heterocycles. The molecule has 0 spiro atoms. The van der Waals surface area contributed by atoms with E-state index in [0.29, 0.717) is 38.0 Å². The third-order valence-corrected chi connectivity index (χ3v) is 10.00. The van der Waals surface area contributed by atoms with Gasteiger partial charge in [0.1, 0.15) is 4.21 Å². The first-order chi connectivity index (χ1) is 16.3. The molecule has 2 fully saturated rings. The largest absolute Gasteiger partial charge is 0.352 e. The lowest BCUT2D eigenvalue weighted by Crippen LogP contribution is -2.42. The lowest BCUT2D eigenvalue weighted by Gasteiger charge is -2.30. The van der Waals surface area contributed by atoms with E-state index in [1.807, 2.05) is 36.1 Å². The van der Waals surface area contributed by atoms with Gasteiger partial charge < -0.3 is 10.2 Å². The number of thiophene rings is 1. The van der Waals surface area contributed by atoms with Crippen LogP contribution in [0, 0.1) is 12.8 Å². The van der Waals surface area contributed by atoms with Crippen LogP contribution in [0.5, 0.6) is 0 Å². The van der Waals surface area contributed by atoms with E-state index in [9.17, 15) is 18.0 Å². The Morgan fingerprint density at radius 3 is 2.41 bits per heavy atom. The van der Waals surface area contributed by atoms with E-state index in [1.165, 1.54) is 10.4 Å². The number of hydrogen-bond donors (Lipinski definition) is 1. The highest BCUT2D eigenvalue weighted by molar-refractivity contribution is 7.91. The molecule has 34 heavy (non-hydrogen) atoms.